The lowest BCUT2D eigenvalue weighted by Gasteiger charge is -2.17. The lowest BCUT2D eigenvalue weighted by atomic mass is 10.2. The summed E-state index contributed by atoms with van der Waals surface area (Å²) in [7, 11) is 3.37. The molecule has 0 aliphatic heterocycles. The molecule has 0 heterocycles. The Labute approximate surface area is 129 Å². The number of para-hydroxylation sites is 2. The van der Waals surface area contributed by atoms with E-state index in [4.69, 9.17) is 4.74 Å². The van der Waals surface area contributed by atoms with Gasteiger partial charge in [0.05, 0.1) is 19.3 Å². The lowest BCUT2D eigenvalue weighted by Crippen LogP contribution is -2.30. The number of rotatable bonds is 6. The van der Waals surface area contributed by atoms with Crippen LogP contribution in [0.1, 0.15) is 5.56 Å². The van der Waals surface area contributed by atoms with Crippen molar-refractivity contribution in [2.24, 2.45) is 0 Å². The minimum Gasteiger partial charge on any atom is -0.495 e. The molecule has 0 radical (unpaired) electrons. The summed E-state index contributed by atoms with van der Waals surface area (Å²) < 4.78 is 18.3. The predicted octanol–water partition coefficient (Wildman–Crippen LogP) is 2.90. The van der Waals surface area contributed by atoms with E-state index in [-0.39, 0.29) is 18.3 Å². The smallest absolute Gasteiger partial charge is 0.238 e. The Hall–Kier alpha value is -2.40. The van der Waals surface area contributed by atoms with E-state index in [2.05, 4.69) is 5.32 Å². The molecule has 116 valence electrons. The molecule has 0 aliphatic rings. The molecule has 5 heteroatoms. The third-order valence-electron chi connectivity index (χ3n) is 3.14. The van der Waals surface area contributed by atoms with Gasteiger partial charge in [-0.25, -0.2) is 4.39 Å². The van der Waals surface area contributed by atoms with Crippen molar-refractivity contribution < 1.29 is 13.9 Å². The Kier molecular flexibility index (Phi) is 5.49. The summed E-state index contributed by atoms with van der Waals surface area (Å²) in [6.45, 7) is 0.700. The zero-order chi connectivity index (χ0) is 15.9. The van der Waals surface area contributed by atoms with Crippen LogP contribution in [0.15, 0.2) is 48.5 Å². The fourth-order valence-electron chi connectivity index (χ4n) is 2.19. The van der Waals surface area contributed by atoms with Crippen molar-refractivity contribution in [2.45, 2.75) is 6.54 Å². The van der Waals surface area contributed by atoms with E-state index in [0.717, 1.165) is 5.56 Å². The number of ether oxygens (including phenoxy) is 1. The summed E-state index contributed by atoms with van der Waals surface area (Å²) in [5, 5.41) is 2.81. The third-order valence-corrected chi connectivity index (χ3v) is 3.14. The number of likely N-dealkylation sites (N-methyl/N-ethyl adjacent to an activating group) is 1. The fourth-order valence-corrected chi connectivity index (χ4v) is 2.19. The molecule has 0 bridgehead atoms. The largest absolute Gasteiger partial charge is 0.495 e. The van der Waals surface area contributed by atoms with E-state index in [1.54, 1.807) is 25.3 Å². The zero-order valence-corrected chi connectivity index (χ0v) is 12.7. The highest BCUT2D eigenvalue weighted by atomic mass is 19.1. The maximum Gasteiger partial charge on any atom is 0.238 e. The number of nitrogens with zero attached hydrogens (tertiary/aromatic N) is 1. The van der Waals surface area contributed by atoms with Crippen molar-refractivity contribution in [3.05, 3.63) is 59.9 Å². The summed E-state index contributed by atoms with van der Waals surface area (Å²) >= 11 is 0. The van der Waals surface area contributed by atoms with Crippen LogP contribution in [0.3, 0.4) is 0 Å². The third kappa shape index (κ3) is 4.56. The molecular formula is C17H19FN2O2. The number of anilines is 1. The number of halogens is 1. The van der Waals surface area contributed by atoms with Crippen LogP contribution < -0.4 is 10.1 Å². The molecule has 2 rings (SSSR count). The monoisotopic (exact) mass is 302 g/mol. The molecule has 0 fully saturated rings. The van der Waals surface area contributed by atoms with Crippen LogP contribution in [0.2, 0.25) is 0 Å². The number of carbonyl (C=O) groups is 1. The minimum absolute atomic E-state index is 0.150. The summed E-state index contributed by atoms with van der Waals surface area (Å²) in [6.07, 6.45) is 0. The lowest BCUT2D eigenvalue weighted by molar-refractivity contribution is -0.117. The van der Waals surface area contributed by atoms with Gasteiger partial charge in [-0.3, -0.25) is 9.69 Å². The van der Waals surface area contributed by atoms with Crippen molar-refractivity contribution in [2.75, 3.05) is 26.0 Å². The molecule has 22 heavy (non-hydrogen) atoms. The first kappa shape index (κ1) is 16.0. The molecule has 0 aliphatic carbocycles. The summed E-state index contributed by atoms with van der Waals surface area (Å²) in [5.74, 6) is 0.191. The highest BCUT2D eigenvalue weighted by Gasteiger charge is 2.10. The molecule has 2 aromatic carbocycles. The van der Waals surface area contributed by atoms with Gasteiger partial charge in [-0.15, -0.1) is 0 Å². The predicted molar refractivity (Wildman–Crippen MR) is 84.4 cm³/mol. The standard InChI is InChI=1S/C17H19FN2O2/c1-20(11-13-6-5-7-14(18)10-13)12-17(21)19-15-8-3-4-9-16(15)22-2/h3-10H,11-12H2,1-2H3,(H,19,21). The van der Waals surface area contributed by atoms with Gasteiger partial charge in [0.1, 0.15) is 11.6 Å². The van der Waals surface area contributed by atoms with Gasteiger partial charge in [0.2, 0.25) is 5.91 Å². The molecule has 0 saturated carbocycles. The number of benzene rings is 2. The van der Waals surface area contributed by atoms with E-state index >= 15 is 0 Å². The van der Waals surface area contributed by atoms with Crippen molar-refractivity contribution in [3.8, 4) is 5.75 Å². The second-order valence-electron chi connectivity index (χ2n) is 5.05. The average molecular weight is 302 g/mol. The first-order valence-corrected chi connectivity index (χ1v) is 6.94. The van der Waals surface area contributed by atoms with Gasteiger partial charge in [-0.05, 0) is 36.9 Å². The van der Waals surface area contributed by atoms with Crippen LogP contribution in [0.5, 0.6) is 5.75 Å². The van der Waals surface area contributed by atoms with Crippen LogP contribution in [0.25, 0.3) is 0 Å². The highest BCUT2D eigenvalue weighted by molar-refractivity contribution is 5.93. The number of carbonyl (C=O) groups excluding carboxylic acids is 1. The summed E-state index contributed by atoms with van der Waals surface area (Å²) in [5.41, 5.74) is 1.46. The Balaban J connectivity index is 1.91. The first-order valence-electron chi connectivity index (χ1n) is 6.94. The number of amides is 1. The molecular weight excluding hydrogens is 283 g/mol. The maximum absolute atomic E-state index is 13.1. The van der Waals surface area contributed by atoms with Gasteiger partial charge in [0, 0.05) is 6.54 Å². The Morgan fingerprint density at radius 2 is 2.00 bits per heavy atom. The molecule has 0 saturated heterocycles. The van der Waals surface area contributed by atoms with Crippen molar-refractivity contribution >= 4 is 11.6 Å². The highest BCUT2D eigenvalue weighted by Crippen LogP contribution is 2.22. The minimum atomic E-state index is -0.274. The molecule has 2 aromatic rings. The van der Waals surface area contributed by atoms with Gasteiger partial charge in [-0.1, -0.05) is 24.3 Å². The van der Waals surface area contributed by atoms with Crippen LogP contribution in [0, 0.1) is 5.82 Å². The van der Waals surface area contributed by atoms with E-state index in [1.165, 1.54) is 12.1 Å². The molecule has 0 aromatic heterocycles. The van der Waals surface area contributed by atoms with Crippen molar-refractivity contribution in [1.82, 2.24) is 4.90 Å². The summed E-state index contributed by atoms with van der Waals surface area (Å²) in [6, 6.07) is 13.6. The van der Waals surface area contributed by atoms with Crippen molar-refractivity contribution in [1.29, 1.82) is 0 Å². The van der Waals surface area contributed by atoms with E-state index in [1.807, 2.05) is 30.1 Å². The summed E-state index contributed by atoms with van der Waals surface area (Å²) in [4.78, 5) is 13.9. The molecule has 0 atom stereocenters. The number of nitrogens with one attached hydrogen (secondary N) is 1. The SMILES string of the molecule is COc1ccccc1NC(=O)CN(C)Cc1cccc(F)c1. The van der Waals surface area contributed by atoms with E-state index in [0.29, 0.717) is 18.0 Å². The molecule has 4 nitrogen and oxygen atoms in total. The Morgan fingerprint density at radius 3 is 2.73 bits per heavy atom. The Morgan fingerprint density at radius 1 is 1.23 bits per heavy atom. The first-order chi connectivity index (χ1) is 10.6. The van der Waals surface area contributed by atoms with Gasteiger partial charge < -0.3 is 10.1 Å². The second-order valence-corrected chi connectivity index (χ2v) is 5.05. The average Bonchev–Trinajstić information content (AvgIpc) is 2.47. The van der Waals surface area contributed by atoms with Crippen molar-refractivity contribution in [3.63, 3.8) is 0 Å². The van der Waals surface area contributed by atoms with Crippen LogP contribution in [-0.4, -0.2) is 31.5 Å². The molecule has 0 spiro atoms. The maximum atomic E-state index is 13.1. The number of hydrogen-bond donors (Lipinski definition) is 1. The van der Waals surface area contributed by atoms with Gasteiger partial charge >= 0.3 is 0 Å². The topological polar surface area (TPSA) is 41.6 Å². The number of methoxy groups -OCH3 is 1. The van der Waals surface area contributed by atoms with Crippen LogP contribution >= 0.6 is 0 Å². The van der Waals surface area contributed by atoms with Crippen LogP contribution in [0.4, 0.5) is 10.1 Å². The normalized spacial score (nSPS) is 10.5. The van der Waals surface area contributed by atoms with Gasteiger partial charge in [0.25, 0.3) is 0 Å². The van der Waals surface area contributed by atoms with Gasteiger partial charge in [0.15, 0.2) is 0 Å². The van der Waals surface area contributed by atoms with Crippen LogP contribution in [-0.2, 0) is 11.3 Å². The molecule has 1 N–H and O–H groups in total. The fraction of sp³-hybridized carbons (Fsp3) is 0.235. The molecule has 1 amide bonds. The van der Waals surface area contributed by atoms with E-state index in [9.17, 15) is 9.18 Å². The molecule has 0 unspecified atom stereocenters. The Bertz CT molecular complexity index is 646. The second kappa shape index (κ2) is 7.56. The quantitative estimate of drug-likeness (QED) is 0.892. The zero-order valence-electron chi connectivity index (χ0n) is 12.7. The van der Waals surface area contributed by atoms with Gasteiger partial charge in [-0.2, -0.15) is 0 Å². The van der Waals surface area contributed by atoms with E-state index < -0.39 is 0 Å². The number of hydrogen-bond acceptors (Lipinski definition) is 3.